The summed E-state index contributed by atoms with van der Waals surface area (Å²) in [5, 5.41) is 10.8. The Morgan fingerprint density at radius 2 is 1.80 bits per heavy atom. The van der Waals surface area contributed by atoms with Gasteiger partial charge in [-0.3, -0.25) is 15.0 Å². The quantitative estimate of drug-likeness (QED) is 0.503. The van der Waals surface area contributed by atoms with Gasteiger partial charge in [-0.2, -0.15) is 5.10 Å². The monoisotopic (exact) mass is 481 g/mol. The average molecular weight is 482 g/mol. The second-order valence-corrected chi connectivity index (χ2v) is 9.00. The number of piperidine rings is 1. The van der Waals surface area contributed by atoms with E-state index in [-0.39, 0.29) is 11.8 Å². The summed E-state index contributed by atoms with van der Waals surface area (Å²) in [5.41, 5.74) is 3.41. The molecule has 8 nitrogen and oxygen atoms in total. The molecule has 0 aliphatic carbocycles. The summed E-state index contributed by atoms with van der Waals surface area (Å²) in [5.74, 6) is -1.63. The summed E-state index contributed by atoms with van der Waals surface area (Å²) in [6.45, 7) is 0.738. The molecule has 2 amide bonds. The van der Waals surface area contributed by atoms with Crippen molar-refractivity contribution in [2.75, 3.05) is 18.5 Å². The van der Waals surface area contributed by atoms with E-state index in [1.165, 1.54) is 18.3 Å². The van der Waals surface area contributed by atoms with E-state index in [1.807, 2.05) is 0 Å². The van der Waals surface area contributed by atoms with Gasteiger partial charge < -0.3 is 19.9 Å². The number of amides is 2. The van der Waals surface area contributed by atoms with E-state index in [9.17, 15) is 18.4 Å². The minimum Gasteiger partial charge on any atom is -0.342 e. The molecule has 3 saturated heterocycles. The van der Waals surface area contributed by atoms with Gasteiger partial charge in [0.2, 0.25) is 0 Å². The molecule has 3 heterocycles. The normalized spacial score (nSPS) is 23.2. The number of fused-ring (bicyclic) bond motifs is 1. The number of hydrogen-bond donors (Lipinski definition) is 2. The second-order valence-electron chi connectivity index (χ2n) is 9.00. The molecule has 2 aromatic carbocycles. The Morgan fingerprint density at radius 1 is 1.11 bits per heavy atom. The van der Waals surface area contributed by atoms with Crippen molar-refractivity contribution in [1.29, 1.82) is 5.41 Å². The standard InChI is InChI=1S/C25H25F2N5O3/c26-18-13-17(14-19(27)15-18)21-5-6-22-32(21)24(34)25(35-22)7-11-31(12-8-25)23(33)16-1-3-20(4-2-16)30-29-10-9-28/h1-4,9-10,13-15,21-22,28,30H,5-8,11-12H2/b28-9?,29-10-/t21-,22?/m0/s1. The van der Waals surface area contributed by atoms with Crippen LogP contribution < -0.4 is 5.43 Å². The Balaban J connectivity index is 1.24. The van der Waals surface area contributed by atoms with Crippen molar-refractivity contribution in [2.24, 2.45) is 5.10 Å². The van der Waals surface area contributed by atoms with Gasteiger partial charge in [0.25, 0.3) is 11.8 Å². The van der Waals surface area contributed by atoms with E-state index >= 15 is 0 Å². The van der Waals surface area contributed by atoms with Crippen LogP contribution in [0, 0.1) is 17.0 Å². The Kier molecular flexibility index (Phi) is 6.06. The first-order valence-corrected chi connectivity index (χ1v) is 11.5. The number of likely N-dealkylation sites (tertiary alicyclic amines) is 1. The van der Waals surface area contributed by atoms with E-state index in [1.54, 1.807) is 34.1 Å². The Labute approximate surface area is 201 Å². The van der Waals surface area contributed by atoms with Gasteiger partial charge in [-0.05, 0) is 54.8 Å². The average Bonchev–Trinajstić information content (AvgIpc) is 3.37. The molecule has 3 aliphatic heterocycles. The number of carbonyl (C=O) groups excluding carboxylic acids is 2. The summed E-state index contributed by atoms with van der Waals surface area (Å²) < 4.78 is 33.8. The fraction of sp³-hybridized carbons (Fsp3) is 0.360. The van der Waals surface area contributed by atoms with Crippen LogP contribution in [0.25, 0.3) is 0 Å². The molecule has 5 rings (SSSR count). The van der Waals surface area contributed by atoms with Crippen LogP contribution in [0.2, 0.25) is 0 Å². The molecule has 2 N–H and O–H groups in total. The maximum absolute atomic E-state index is 13.8. The van der Waals surface area contributed by atoms with Crippen LogP contribution in [-0.2, 0) is 9.53 Å². The minimum atomic E-state index is -1.01. The maximum Gasteiger partial charge on any atom is 0.257 e. The van der Waals surface area contributed by atoms with Crippen LogP contribution in [0.4, 0.5) is 14.5 Å². The molecule has 1 unspecified atom stereocenters. The zero-order chi connectivity index (χ0) is 24.6. The first-order chi connectivity index (χ1) is 16.9. The van der Waals surface area contributed by atoms with Gasteiger partial charge in [-0.25, -0.2) is 8.78 Å². The number of anilines is 1. The first kappa shape index (κ1) is 23.1. The zero-order valence-electron chi connectivity index (χ0n) is 18.9. The summed E-state index contributed by atoms with van der Waals surface area (Å²) in [4.78, 5) is 29.8. The third-order valence-electron chi connectivity index (χ3n) is 6.92. The molecule has 10 heteroatoms. The number of nitrogens with one attached hydrogen (secondary N) is 2. The predicted octanol–water partition coefficient (Wildman–Crippen LogP) is 3.71. The van der Waals surface area contributed by atoms with Crippen LogP contribution in [0.5, 0.6) is 0 Å². The van der Waals surface area contributed by atoms with Crippen molar-refractivity contribution in [2.45, 2.75) is 43.6 Å². The highest BCUT2D eigenvalue weighted by Gasteiger charge is 2.58. The topological polar surface area (TPSA) is 98.1 Å². The van der Waals surface area contributed by atoms with Crippen LogP contribution >= 0.6 is 0 Å². The lowest BCUT2D eigenvalue weighted by Crippen LogP contribution is -2.51. The summed E-state index contributed by atoms with van der Waals surface area (Å²) in [6.07, 6.45) is 3.85. The van der Waals surface area contributed by atoms with E-state index in [0.717, 1.165) is 12.3 Å². The van der Waals surface area contributed by atoms with Gasteiger partial charge >= 0.3 is 0 Å². The van der Waals surface area contributed by atoms with Gasteiger partial charge in [0.1, 0.15) is 17.9 Å². The van der Waals surface area contributed by atoms with E-state index < -0.39 is 29.5 Å². The highest BCUT2D eigenvalue weighted by Crippen LogP contribution is 2.47. The number of rotatable bonds is 5. The molecular formula is C25H25F2N5O3. The molecule has 0 saturated carbocycles. The lowest BCUT2D eigenvalue weighted by molar-refractivity contribution is -0.142. The molecule has 35 heavy (non-hydrogen) atoms. The van der Waals surface area contributed by atoms with E-state index in [4.69, 9.17) is 10.1 Å². The SMILES string of the molecule is N=C/C=N\Nc1ccc(C(=O)N2CCC3(CC2)OC2CC[C@@H](c4cc(F)cc(F)c4)N2C3=O)cc1. The molecule has 0 bridgehead atoms. The van der Waals surface area contributed by atoms with Gasteiger partial charge in [-0.15, -0.1) is 0 Å². The van der Waals surface area contributed by atoms with Crippen LogP contribution in [0.15, 0.2) is 47.6 Å². The molecule has 0 radical (unpaired) electrons. The zero-order valence-corrected chi connectivity index (χ0v) is 18.9. The fourth-order valence-corrected chi connectivity index (χ4v) is 5.23. The van der Waals surface area contributed by atoms with Crippen molar-refractivity contribution in [3.8, 4) is 0 Å². The summed E-state index contributed by atoms with van der Waals surface area (Å²) >= 11 is 0. The Hall–Kier alpha value is -3.66. The Bertz CT molecular complexity index is 1160. The van der Waals surface area contributed by atoms with Gasteiger partial charge in [-0.1, -0.05) is 0 Å². The first-order valence-electron chi connectivity index (χ1n) is 11.5. The molecular weight excluding hydrogens is 456 g/mol. The fourth-order valence-electron chi connectivity index (χ4n) is 5.23. The van der Waals surface area contributed by atoms with Crippen LogP contribution in [0.3, 0.4) is 0 Å². The number of ether oxygens (including phenoxy) is 1. The predicted molar refractivity (Wildman–Crippen MR) is 125 cm³/mol. The van der Waals surface area contributed by atoms with Crippen molar-refractivity contribution >= 4 is 29.9 Å². The molecule has 3 fully saturated rings. The molecule has 3 aliphatic rings. The lowest BCUT2D eigenvalue weighted by Gasteiger charge is -2.37. The second kappa shape index (κ2) is 9.18. The van der Waals surface area contributed by atoms with Crippen molar-refractivity contribution in [3.05, 3.63) is 65.2 Å². The van der Waals surface area contributed by atoms with Crippen molar-refractivity contribution < 1.29 is 23.1 Å². The molecule has 182 valence electrons. The summed E-state index contributed by atoms with van der Waals surface area (Å²) in [7, 11) is 0. The Morgan fingerprint density at radius 3 is 2.46 bits per heavy atom. The maximum atomic E-state index is 13.8. The molecule has 2 atom stereocenters. The smallest absolute Gasteiger partial charge is 0.257 e. The minimum absolute atomic E-state index is 0.131. The lowest BCUT2D eigenvalue weighted by atomic mass is 9.89. The number of hydrazone groups is 1. The van der Waals surface area contributed by atoms with Crippen LogP contribution in [0.1, 0.15) is 47.6 Å². The van der Waals surface area contributed by atoms with Crippen molar-refractivity contribution in [1.82, 2.24) is 9.80 Å². The number of nitrogens with zero attached hydrogens (tertiary/aromatic N) is 3. The van der Waals surface area contributed by atoms with Gasteiger partial charge in [0.15, 0.2) is 5.60 Å². The third kappa shape index (κ3) is 4.29. The van der Waals surface area contributed by atoms with E-state index in [0.29, 0.717) is 55.6 Å². The summed E-state index contributed by atoms with van der Waals surface area (Å²) in [6, 6.07) is 9.81. The highest BCUT2D eigenvalue weighted by atomic mass is 19.1. The third-order valence-corrected chi connectivity index (χ3v) is 6.92. The largest absolute Gasteiger partial charge is 0.342 e. The number of hydrogen-bond acceptors (Lipinski definition) is 6. The molecule has 1 spiro atoms. The van der Waals surface area contributed by atoms with Crippen LogP contribution in [-0.4, -0.2) is 59.0 Å². The number of benzene rings is 2. The van der Waals surface area contributed by atoms with E-state index in [2.05, 4.69) is 10.5 Å². The highest BCUT2D eigenvalue weighted by molar-refractivity contribution is 6.14. The molecule has 0 aromatic heterocycles. The molecule has 2 aromatic rings. The number of halogens is 2. The number of carbonyl (C=O) groups is 2. The van der Waals surface area contributed by atoms with Gasteiger partial charge in [0, 0.05) is 43.8 Å². The van der Waals surface area contributed by atoms with Gasteiger partial charge in [0.05, 0.1) is 17.9 Å². The van der Waals surface area contributed by atoms with Crippen molar-refractivity contribution in [3.63, 3.8) is 0 Å².